The van der Waals surface area contributed by atoms with Crippen molar-refractivity contribution in [2.45, 2.75) is 13.8 Å². The molecule has 0 spiro atoms. The number of hydrogen-bond acceptors (Lipinski definition) is 3. The Morgan fingerprint density at radius 1 is 1.04 bits per heavy atom. The number of hydrogen-bond donors (Lipinski definition) is 1. The number of fused-ring (bicyclic) bond motifs is 3. The third-order valence-corrected chi connectivity index (χ3v) is 5.13. The van der Waals surface area contributed by atoms with Crippen molar-refractivity contribution in [1.29, 1.82) is 0 Å². The van der Waals surface area contributed by atoms with Crippen LogP contribution in [0.3, 0.4) is 0 Å². The Kier molecular flexibility index (Phi) is 4.74. The standard InChI is InChI=1S/C23H23N3O2/c1-4-26(5-2)23(27)20-14-18-17-8-6-7-9-19(17)24-22(18)21(25-20)15-10-12-16(28-3)13-11-15/h6-14,24H,4-5H2,1-3H3. The number of carbonyl (C=O) groups is 1. The maximum atomic E-state index is 13.0. The van der Waals surface area contributed by atoms with Crippen molar-refractivity contribution in [3.8, 4) is 17.0 Å². The smallest absolute Gasteiger partial charge is 0.272 e. The molecule has 0 fully saturated rings. The summed E-state index contributed by atoms with van der Waals surface area (Å²) in [6.45, 7) is 5.27. The van der Waals surface area contributed by atoms with Crippen molar-refractivity contribution in [3.63, 3.8) is 0 Å². The highest BCUT2D eigenvalue weighted by Gasteiger charge is 2.19. The normalized spacial score (nSPS) is 11.1. The molecule has 28 heavy (non-hydrogen) atoms. The molecule has 5 nitrogen and oxygen atoms in total. The van der Waals surface area contributed by atoms with Crippen LogP contribution in [-0.2, 0) is 0 Å². The van der Waals surface area contributed by atoms with Crippen LogP contribution in [0.5, 0.6) is 5.75 Å². The molecule has 0 saturated carbocycles. The number of nitrogens with one attached hydrogen (secondary N) is 1. The number of pyridine rings is 1. The van der Waals surface area contributed by atoms with Gasteiger partial charge in [-0.1, -0.05) is 18.2 Å². The van der Waals surface area contributed by atoms with E-state index in [2.05, 4.69) is 11.1 Å². The van der Waals surface area contributed by atoms with E-state index >= 15 is 0 Å². The van der Waals surface area contributed by atoms with E-state index in [1.807, 2.05) is 62.4 Å². The Bertz CT molecular complexity index is 1140. The SMILES string of the molecule is CCN(CC)C(=O)c1cc2c([nH]c3ccccc32)c(-c2ccc(OC)cc2)n1. The number of amides is 1. The first kappa shape index (κ1) is 18.0. The van der Waals surface area contributed by atoms with E-state index in [0.29, 0.717) is 18.8 Å². The van der Waals surface area contributed by atoms with Crippen LogP contribution in [-0.4, -0.2) is 41.0 Å². The van der Waals surface area contributed by atoms with Gasteiger partial charge in [-0.15, -0.1) is 0 Å². The van der Waals surface area contributed by atoms with Gasteiger partial charge in [-0.3, -0.25) is 4.79 Å². The first-order chi connectivity index (χ1) is 13.7. The van der Waals surface area contributed by atoms with Gasteiger partial charge in [-0.2, -0.15) is 0 Å². The summed E-state index contributed by atoms with van der Waals surface area (Å²) in [5.41, 5.74) is 4.13. The molecule has 0 aliphatic carbocycles. The lowest BCUT2D eigenvalue weighted by Gasteiger charge is -2.18. The number of rotatable bonds is 5. The Hall–Kier alpha value is -3.34. The predicted octanol–water partition coefficient (Wildman–Crippen LogP) is 4.87. The van der Waals surface area contributed by atoms with E-state index in [-0.39, 0.29) is 5.91 Å². The summed E-state index contributed by atoms with van der Waals surface area (Å²) in [4.78, 5) is 23.1. The molecule has 142 valence electrons. The van der Waals surface area contributed by atoms with Gasteiger partial charge in [0, 0.05) is 34.9 Å². The molecule has 1 N–H and O–H groups in total. The molecule has 4 aromatic rings. The number of H-pyrrole nitrogens is 1. The molecule has 0 aliphatic rings. The monoisotopic (exact) mass is 373 g/mol. The van der Waals surface area contributed by atoms with Gasteiger partial charge in [-0.05, 0) is 50.2 Å². The number of ether oxygens (including phenoxy) is 1. The molecule has 2 heterocycles. The van der Waals surface area contributed by atoms with Crippen LogP contribution in [0.2, 0.25) is 0 Å². The van der Waals surface area contributed by atoms with Gasteiger partial charge in [0.05, 0.1) is 18.3 Å². The molecule has 0 unspecified atom stereocenters. The maximum Gasteiger partial charge on any atom is 0.272 e. The Labute approximate surface area is 164 Å². The Morgan fingerprint density at radius 2 is 1.75 bits per heavy atom. The minimum Gasteiger partial charge on any atom is -0.497 e. The summed E-state index contributed by atoms with van der Waals surface area (Å²) in [7, 11) is 1.65. The van der Waals surface area contributed by atoms with Crippen LogP contribution < -0.4 is 4.74 Å². The van der Waals surface area contributed by atoms with Gasteiger partial charge >= 0.3 is 0 Å². The molecule has 0 aliphatic heterocycles. The number of methoxy groups -OCH3 is 1. The molecule has 0 bridgehead atoms. The zero-order valence-electron chi connectivity index (χ0n) is 16.3. The molecular formula is C23H23N3O2. The van der Waals surface area contributed by atoms with E-state index in [1.54, 1.807) is 12.0 Å². The van der Waals surface area contributed by atoms with Crippen LogP contribution in [0, 0.1) is 0 Å². The van der Waals surface area contributed by atoms with Gasteiger partial charge in [-0.25, -0.2) is 4.98 Å². The van der Waals surface area contributed by atoms with E-state index in [4.69, 9.17) is 9.72 Å². The van der Waals surface area contributed by atoms with Gasteiger partial charge in [0.15, 0.2) is 0 Å². The van der Waals surface area contributed by atoms with Gasteiger partial charge in [0.1, 0.15) is 11.4 Å². The van der Waals surface area contributed by atoms with E-state index in [1.165, 1.54) is 0 Å². The fourth-order valence-electron chi connectivity index (χ4n) is 3.59. The van der Waals surface area contributed by atoms with Crippen LogP contribution in [0.15, 0.2) is 54.6 Å². The molecule has 2 aromatic carbocycles. The third kappa shape index (κ3) is 2.99. The van der Waals surface area contributed by atoms with E-state index < -0.39 is 0 Å². The number of para-hydroxylation sites is 1. The van der Waals surface area contributed by atoms with Crippen molar-refractivity contribution >= 4 is 27.7 Å². The Balaban J connectivity index is 1.99. The number of aromatic nitrogens is 2. The van der Waals surface area contributed by atoms with Gasteiger partial charge in [0.2, 0.25) is 0 Å². The lowest BCUT2D eigenvalue weighted by Crippen LogP contribution is -2.31. The Morgan fingerprint density at radius 3 is 2.43 bits per heavy atom. The lowest BCUT2D eigenvalue weighted by atomic mass is 10.1. The molecule has 0 saturated heterocycles. The minimum atomic E-state index is -0.0491. The van der Waals surface area contributed by atoms with Crippen molar-refractivity contribution in [2.24, 2.45) is 0 Å². The maximum absolute atomic E-state index is 13.0. The summed E-state index contributed by atoms with van der Waals surface area (Å²) >= 11 is 0. The fraction of sp³-hybridized carbons (Fsp3) is 0.217. The molecule has 5 heteroatoms. The van der Waals surface area contributed by atoms with Crippen LogP contribution in [0.1, 0.15) is 24.3 Å². The second kappa shape index (κ2) is 7.35. The van der Waals surface area contributed by atoms with Crippen molar-refractivity contribution in [3.05, 3.63) is 60.3 Å². The predicted molar refractivity (Wildman–Crippen MR) is 113 cm³/mol. The molecule has 0 atom stereocenters. The topological polar surface area (TPSA) is 58.2 Å². The third-order valence-electron chi connectivity index (χ3n) is 5.13. The molecule has 0 radical (unpaired) electrons. The van der Waals surface area contributed by atoms with Gasteiger partial charge in [0.25, 0.3) is 5.91 Å². The average molecular weight is 373 g/mol. The summed E-state index contributed by atoms with van der Waals surface area (Å²) in [6.07, 6.45) is 0. The van der Waals surface area contributed by atoms with Crippen LogP contribution in [0.25, 0.3) is 33.1 Å². The average Bonchev–Trinajstić information content (AvgIpc) is 3.12. The molecular weight excluding hydrogens is 350 g/mol. The first-order valence-electron chi connectivity index (χ1n) is 9.51. The van der Waals surface area contributed by atoms with E-state index in [9.17, 15) is 4.79 Å². The summed E-state index contributed by atoms with van der Waals surface area (Å²) in [5, 5.41) is 2.09. The highest BCUT2D eigenvalue weighted by molar-refractivity contribution is 6.13. The van der Waals surface area contributed by atoms with Crippen LogP contribution >= 0.6 is 0 Å². The molecule has 2 aromatic heterocycles. The highest BCUT2D eigenvalue weighted by Crippen LogP contribution is 2.33. The quantitative estimate of drug-likeness (QED) is 0.543. The van der Waals surface area contributed by atoms with Crippen LogP contribution in [0.4, 0.5) is 0 Å². The summed E-state index contributed by atoms with van der Waals surface area (Å²) < 4.78 is 5.27. The number of carbonyl (C=O) groups excluding carboxylic acids is 1. The first-order valence-corrected chi connectivity index (χ1v) is 9.51. The zero-order chi connectivity index (χ0) is 19.7. The second-order valence-corrected chi connectivity index (χ2v) is 6.66. The lowest BCUT2D eigenvalue weighted by molar-refractivity contribution is 0.0767. The second-order valence-electron chi connectivity index (χ2n) is 6.66. The number of benzene rings is 2. The number of aromatic amines is 1. The van der Waals surface area contributed by atoms with Crippen molar-refractivity contribution in [2.75, 3.05) is 20.2 Å². The largest absolute Gasteiger partial charge is 0.497 e. The minimum absolute atomic E-state index is 0.0491. The molecule has 4 rings (SSSR count). The summed E-state index contributed by atoms with van der Waals surface area (Å²) in [6, 6.07) is 17.8. The highest BCUT2D eigenvalue weighted by atomic mass is 16.5. The van der Waals surface area contributed by atoms with E-state index in [0.717, 1.165) is 38.8 Å². The summed E-state index contributed by atoms with van der Waals surface area (Å²) in [5.74, 6) is 0.735. The molecule has 1 amide bonds. The fourth-order valence-corrected chi connectivity index (χ4v) is 3.59. The van der Waals surface area contributed by atoms with Crippen molar-refractivity contribution < 1.29 is 9.53 Å². The van der Waals surface area contributed by atoms with Gasteiger partial charge < -0.3 is 14.6 Å². The zero-order valence-corrected chi connectivity index (χ0v) is 16.3. The number of nitrogens with zero attached hydrogens (tertiary/aromatic N) is 2. The van der Waals surface area contributed by atoms with Crippen molar-refractivity contribution in [1.82, 2.24) is 14.9 Å².